The summed E-state index contributed by atoms with van der Waals surface area (Å²) in [6.07, 6.45) is 2.08. The molecule has 1 heterocycles. The van der Waals surface area contributed by atoms with Crippen LogP contribution in [0.4, 0.5) is 17.1 Å². The molecule has 3 rings (SSSR count). The summed E-state index contributed by atoms with van der Waals surface area (Å²) in [4.78, 5) is 11.3. The van der Waals surface area contributed by atoms with Gasteiger partial charge in [0.2, 0.25) is 5.91 Å². The van der Waals surface area contributed by atoms with Crippen molar-refractivity contribution in [3.8, 4) is 0 Å². The van der Waals surface area contributed by atoms with Crippen LogP contribution in [0.25, 0.3) is 0 Å². The summed E-state index contributed by atoms with van der Waals surface area (Å²) < 4.78 is 27.8. The first-order chi connectivity index (χ1) is 12.5. The maximum atomic E-state index is 13.2. The third-order valence-electron chi connectivity index (χ3n) is 4.29. The molecule has 1 aliphatic heterocycles. The van der Waals surface area contributed by atoms with E-state index in [1.54, 1.807) is 35.8 Å². The zero-order valence-electron chi connectivity index (χ0n) is 14.2. The Labute approximate surface area is 152 Å². The lowest BCUT2D eigenvalue weighted by Crippen LogP contribution is -2.31. The number of rotatable bonds is 6. The van der Waals surface area contributed by atoms with E-state index in [2.05, 4.69) is 5.32 Å². The van der Waals surface area contributed by atoms with E-state index in [4.69, 9.17) is 5.21 Å². The topological polar surface area (TPSA) is 98.7 Å². The van der Waals surface area contributed by atoms with E-state index in [1.165, 1.54) is 4.31 Å². The molecule has 0 saturated heterocycles. The van der Waals surface area contributed by atoms with Crippen LogP contribution in [-0.2, 0) is 14.8 Å². The maximum absolute atomic E-state index is 13.2. The molecule has 2 aromatic carbocycles. The Bertz CT molecular complexity index is 899. The van der Waals surface area contributed by atoms with Crippen LogP contribution < -0.4 is 15.1 Å². The molecule has 0 aromatic heterocycles. The average molecular weight is 375 g/mol. The second kappa shape index (κ2) is 7.76. The highest BCUT2D eigenvalue weighted by molar-refractivity contribution is 7.93. The van der Waals surface area contributed by atoms with Gasteiger partial charge in [0.1, 0.15) is 4.90 Å². The van der Waals surface area contributed by atoms with E-state index < -0.39 is 15.9 Å². The van der Waals surface area contributed by atoms with Crippen molar-refractivity contribution in [1.82, 2.24) is 5.48 Å². The molecule has 8 heteroatoms. The van der Waals surface area contributed by atoms with E-state index in [9.17, 15) is 13.2 Å². The van der Waals surface area contributed by atoms with Crippen LogP contribution in [0.1, 0.15) is 25.7 Å². The zero-order valence-corrected chi connectivity index (χ0v) is 15.0. The molecular weight excluding hydrogens is 354 g/mol. The minimum atomic E-state index is -3.69. The highest BCUT2D eigenvalue weighted by atomic mass is 32.2. The van der Waals surface area contributed by atoms with E-state index >= 15 is 0 Å². The predicted octanol–water partition coefficient (Wildman–Crippen LogP) is 3.00. The lowest BCUT2D eigenvalue weighted by atomic mass is 10.2. The van der Waals surface area contributed by atoms with Gasteiger partial charge in [-0.3, -0.25) is 14.3 Å². The Morgan fingerprint density at radius 3 is 2.46 bits per heavy atom. The van der Waals surface area contributed by atoms with Gasteiger partial charge in [-0.05, 0) is 37.1 Å². The first-order valence-corrected chi connectivity index (χ1v) is 9.89. The molecular formula is C18H21N3O4S. The fourth-order valence-corrected chi connectivity index (χ4v) is 4.67. The number of hydrogen-bond acceptors (Lipinski definition) is 5. The number of carbonyl (C=O) groups is 1. The summed E-state index contributed by atoms with van der Waals surface area (Å²) in [6, 6.07) is 14.2. The number of amides is 1. The largest absolute Gasteiger partial charge is 0.353 e. The molecule has 0 bridgehead atoms. The number of nitrogens with zero attached hydrogens (tertiary/aromatic N) is 1. The van der Waals surface area contributed by atoms with Gasteiger partial charge in [0.25, 0.3) is 10.0 Å². The zero-order chi connectivity index (χ0) is 18.6. The number of fused-ring (bicyclic) bond motifs is 2. The number of carbonyl (C=O) groups excluding carboxylic acids is 1. The van der Waals surface area contributed by atoms with Gasteiger partial charge in [-0.25, -0.2) is 13.9 Å². The van der Waals surface area contributed by atoms with Crippen molar-refractivity contribution in [1.29, 1.82) is 0 Å². The van der Waals surface area contributed by atoms with Crippen LogP contribution in [-0.4, -0.2) is 26.1 Å². The summed E-state index contributed by atoms with van der Waals surface area (Å²) in [5.74, 6) is -0.434. The van der Waals surface area contributed by atoms with Crippen LogP contribution in [0.2, 0.25) is 0 Å². The number of hydroxylamine groups is 1. The van der Waals surface area contributed by atoms with Gasteiger partial charge in [-0.2, -0.15) is 0 Å². The molecule has 0 spiro atoms. The van der Waals surface area contributed by atoms with Gasteiger partial charge in [0.15, 0.2) is 0 Å². The molecule has 0 aliphatic carbocycles. The number of unbranched alkanes of at least 4 members (excludes halogenated alkanes) is 2. The third-order valence-corrected chi connectivity index (χ3v) is 6.16. The normalized spacial score (nSPS) is 14.6. The van der Waals surface area contributed by atoms with Crippen LogP contribution >= 0.6 is 0 Å². The van der Waals surface area contributed by atoms with E-state index in [0.29, 0.717) is 37.2 Å². The molecule has 0 radical (unpaired) electrons. The lowest BCUT2D eigenvalue weighted by Gasteiger charge is -2.24. The number of hydrogen-bond donors (Lipinski definition) is 3. The van der Waals surface area contributed by atoms with Crippen molar-refractivity contribution in [2.45, 2.75) is 30.6 Å². The third kappa shape index (κ3) is 3.66. The fraction of sp³-hybridized carbons (Fsp3) is 0.278. The molecule has 7 nitrogen and oxygen atoms in total. The first-order valence-electron chi connectivity index (χ1n) is 8.45. The summed E-state index contributed by atoms with van der Waals surface area (Å²) in [5, 5.41) is 11.7. The summed E-state index contributed by atoms with van der Waals surface area (Å²) in [6.45, 7) is 0.316. The molecule has 138 valence electrons. The van der Waals surface area contributed by atoms with Gasteiger partial charge in [-0.1, -0.05) is 30.7 Å². The fourth-order valence-electron chi connectivity index (χ4n) is 3.00. The Morgan fingerprint density at radius 1 is 1.00 bits per heavy atom. The number of para-hydroxylation sites is 3. The van der Waals surface area contributed by atoms with Crippen LogP contribution in [0.15, 0.2) is 53.4 Å². The number of benzene rings is 2. The van der Waals surface area contributed by atoms with Crippen molar-refractivity contribution in [3.63, 3.8) is 0 Å². The lowest BCUT2D eigenvalue weighted by molar-refractivity contribution is -0.129. The standard InChI is InChI=1S/C18H21N3O4S/c22-18(20-23)12-2-1-7-13-21-16-10-5-3-8-14(16)19-15-9-4-6-11-17(15)26(21,24)25/h3-6,8-11,19,23H,1-2,7,12-13H2,(H,20,22). The molecule has 1 aliphatic rings. The minimum Gasteiger partial charge on any atom is -0.353 e. The predicted molar refractivity (Wildman–Crippen MR) is 99.1 cm³/mol. The maximum Gasteiger partial charge on any atom is 0.266 e. The summed E-state index contributed by atoms with van der Waals surface area (Å²) in [7, 11) is -3.69. The molecule has 26 heavy (non-hydrogen) atoms. The number of nitrogens with one attached hydrogen (secondary N) is 2. The Hall–Kier alpha value is -2.58. The van der Waals surface area contributed by atoms with E-state index in [-0.39, 0.29) is 11.3 Å². The number of anilines is 3. The molecule has 0 fully saturated rings. The second-order valence-corrected chi connectivity index (χ2v) is 7.89. The highest BCUT2D eigenvalue weighted by Gasteiger charge is 2.31. The van der Waals surface area contributed by atoms with Crippen molar-refractivity contribution >= 4 is 33.0 Å². The molecule has 0 atom stereocenters. The second-order valence-electron chi connectivity index (χ2n) is 6.06. The monoisotopic (exact) mass is 375 g/mol. The molecule has 1 amide bonds. The molecule has 0 saturated carbocycles. The smallest absolute Gasteiger partial charge is 0.266 e. The Morgan fingerprint density at radius 2 is 1.69 bits per heavy atom. The van der Waals surface area contributed by atoms with E-state index in [0.717, 1.165) is 5.69 Å². The molecule has 2 aromatic rings. The van der Waals surface area contributed by atoms with Crippen molar-refractivity contribution in [2.75, 3.05) is 16.2 Å². The van der Waals surface area contributed by atoms with E-state index in [1.807, 2.05) is 18.2 Å². The molecule has 3 N–H and O–H groups in total. The average Bonchev–Trinajstić information content (AvgIpc) is 2.74. The van der Waals surface area contributed by atoms with Gasteiger partial charge >= 0.3 is 0 Å². The number of sulfonamides is 1. The highest BCUT2D eigenvalue weighted by Crippen LogP contribution is 2.39. The first kappa shape index (κ1) is 18.2. The van der Waals surface area contributed by atoms with Crippen LogP contribution in [0.3, 0.4) is 0 Å². The van der Waals surface area contributed by atoms with Crippen LogP contribution in [0.5, 0.6) is 0 Å². The Kier molecular flexibility index (Phi) is 5.43. The Balaban J connectivity index is 1.84. The quantitative estimate of drug-likeness (QED) is 0.409. The molecule has 0 unspecified atom stereocenters. The summed E-state index contributed by atoms with van der Waals surface area (Å²) in [5.41, 5.74) is 3.50. The van der Waals surface area contributed by atoms with Gasteiger partial charge < -0.3 is 5.32 Å². The van der Waals surface area contributed by atoms with Gasteiger partial charge in [0, 0.05) is 13.0 Å². The summed E-state index contributed by atoms with van der Waals surface area (Å²) >= 11 is 0. The SMILES string of the molecule is O=C(CCCCCN1c2ccccc2Nc2ccccc2S1(=O)=O)NO. The minimum absolute atomic E-state index is 0.213. The van der Waals surface area contributed by atoms with Crippen LogP contribution in [0, 0.1) is 0 Å². The van der Waals surface area contributed by atoms with Crippen molar-refractivity contribution in [3.05, 3.63) is 48.5 Å². The van der Waals surface area contributed by atoms with Crippen molar-refractivity contribution in [2.24, 2.45) is 0 Å². The van der Waals surface area contributed by atoms with Crippen molar-refractivity contribution < 1.29 is 18.4 Å². The van der Waals surface area contributed by atoms with Gasteiger partial charge in [-0.15, -0.1) is 0 Å². The van der Waals surface area contributed by atoms with Gasteiger partial charge in [0.05, 0.1) is 17.1 Å².